The summed E-state index contributed by atoms with van der Waals surface area (Å²) >= 11 is 0. The van der Waals surface area contributed by atoms with Gasteiger partial charge in [-0.15, -0.1) is 0 Å². The van der Waals surface area contributed by atoms with Gasteiger partial charge in [0.25, 0.3) is 0 Å². The van der Waals surface area contributed by atoms with Crippen molar-refractivity contribution in [1.29, 1.82) is 0 Å². The Labute approximate surface area is 133 Å². The zero-order valence-electron chi connectivity index (χ0n) is 14.2. The maximum absolute atomic E-state index is 11.8. The van der Waals surface area contributed by atoms with Crippen LogP contribution in [-0.4, -0.2) is 39.0 Å². The molecule has 1 N–H and O–H groups in total. The average Bonchev–Trinajstić information content (AvgIpc) is 2.45. The van der Waals surface area contributed by atoms with Gasteiger partial charge in [-0.2, -0.15) is 0 Å². The van der Waals surface area contributed by atoms with E-state index in [1.54, 1.807) is 4.90 Å². The SMILES string of the molecule is CC(=O)N(CCC(=O)NCC(C)C)c1ccc(N(C)C)cc1. The first-order valence-electron chi connectivity index (χ1n) is 7.63. The van der Waals surface area contributed by atoms with Crippen molar-refractivity contribution in [3.8, 4) is 0 Å². The number of amides is 2. The summed E-state index contributed by atoms with van der Waals surface area (Å²) < 4.78 is 0. The highest BCUT2D eigenvalue weighted by Crippen LogP contribution is 2.20. The average molecular weight is 305 g/mol. The van der Waals surface area contributed by atoms with Crippen LogP contribution in [0.15, 0.2) is 24.3 Å². The predicted octanol–water partition coefficient (Wildman–Crippen LogP) is 2.27. The molecule has 22 heavy (non-hydrogen) atoms. The van der Waals surface area contributed by atoms with Gasteiger partial charge in [-0.3, -0.25) is 9.59 Å². The lowest BCUT2D eigenvalue weighted by atomic mass is 10.2. The van der Waals surface area contributed by atoms with Crippen LogP contribution in [-0.2, 0) is 9.59 Å². The van der Waals surface area contributed by atoms with E-state index in [2.05, 4.69) is 19.2 Å². The molecule has 0 radical (unpaired) electrons. The highest BCUT2D eigenvalue weighted by atomic mass is 16.2. The standard InChI is InChI=1S/C17H27N3O2/c1-13(2)12-18-17(22)10-11-20(14(3)21)16-8-6-15(7-9-16)19(4)5/h6-9,13H,10-12H2,1-5H3,(H,18,22). The van der Waals surface area contributed by atoms with Crippen LogP contribution in [0.25, 0.3) is 0 Å². The molecule has 0 bridgehead atoms. The van der Waals surface area contributed by atoms with Crippen LogP contribution in [0.3, 0.4) is 0 Å². The van der Waals surface area contributed by atoms with Crippen LogP contribution in [0.2, 0.25) is 0 Å². The molecule has 0 aliphatic carbocycles. The molecule has 0 atom stereocenters. The molecular weight excluding hydrogens is 278 g/mol. The Hall–Kier alpha value is -2.04. The number of carbonyl (C=O) groups excluding carboxylic acids is 2. The van der Waals surface area contributed by atoms with E-state index in [1.807, 2.05) is 43.3 Å². The Balaban J connectivity index is 2.66. The van der Waals surface area contributed by atoms with E-state index in [-0.39, 0.29) is 11.8 Å². The lowest BCUT2D eigenvalue weighted by Gasteiger charge is -2.22. The van der Waals surface area contributed by atoms with Gasteiger partial charge in [0.15, 0.2) is 0 Å². The van der Waals surface area contributed by atoms with Gasteiger partial charge in [0.1, 0.15) is 0 Å². The third kappa shape index (κ3) is 5.76. The third-order valence-electron chi connectivity index (χ3n) is 3.33. The molecule has 5 nitrogen and oxygen atoms in total. The van der Waals surface area contributed by atoms with Gasteiger partial charge in [0.05, 0.1) is 0 Å². The lowest BCUT2D eigenvalue weighted by molar-refractivity contribution is -0.121. The van der Waals surface area contributed by atoms with E-state index < -0.39 is 0 Å². The molecule has 0 unspecified atom stereocenters. The normalized spacial score (nSPS) is 10.5. The second-order valence-corrected chi connectivity index (χ2v) is 6.03. The molecule has 2 amide bonds. The van der Waals surface area contributed by atoms with Crippen LogP contribution in [0.5, 0.6) is 0 Å². The van der Waals surface area contributed by atoms with Crippen molar-refractivity contribution in [3.05, 3.63) is 24.3 Å². The number of carbonyl (C=O) groups is 2. The van der Waals surface area contributed by atoms with E-state index in [9.17, 15) is 9.59 Å². The molecule has 0 heterocycles. The summed E-state index contributed by atoms with van der Waals surface area (Å²) in [6.07, 6.45) is 0.307. The summed E-state index contributed by atoms with van der Waals surface area (Å²) in [6.45, 7) is 6.67. The zero-order chi connectivity index (χ0) is 16.7. The summed E-state index contributed by atoms with van der Waals surface area (Å²) in [5.41, 5.74) is 1.89. The van der Waals surface area contributed by atoms with Crippen molar-refractivity contribution in [2.75, 3.05) is 37.0 Å². The third-order valence-corrected chi connectivity index (χ3v) is 3.33. The highest BCUT2D eigenvalue weighted by molar-refractivity contribution is 5.92. The van der Waals surface area contributed by atoms with Crippen molar-refractivity contribution in [2.24, 2.45) is 5.92 Å². The number of benzene rings is 1. The first kappa shape index (κ1) is 18.0. The van der Waals surface area contributed by atoms with E-state index in [0.29, 0.717) is 25.4 Å². The van der Waals surface area contributed by atoms with Crippen molar-refractivity contribution < 1.29 is 9.59 Å². The predicted molar refractivity (Wildman–Crippen MR) is 91.3 cm³/mol. The number of hydrogen-bond acceptors (Lipinski definition) is 3. The first-order valence-corrected chi connectivity index (χ1v) is 7.63. The molecule has 0 aliphatic rings. The molecule has 0 fully saturated rings. The summed E-state index contributed by atoms with van der Waals surface area (Å²) in [7, 11) is 3.94. The Kier molecular flexibility index (Phi) is 6.89. The topological polar surface area (TPSA) is 52.7 Å². The van der Waals surface area contributed by atoms with Crippen LogP contribution < -0.4 is 15.1 Å². The van der Waals surface area contributed by atoms with Gasteiger partial charge < -0.3 is 15.1 Å². The minimum Gasteiger partial charge on any atom is -0.378 e. The monoisotopic (exact) mass is 305 g/mol. The fourth-order valence-corrected chi connectivity index (χ4v) is 2.02. The fraction of sp³-hybridized carbons (Fsp3) is 0.529. The fourth-order valence-electron chi connectivity index (χ4n) is 2.02. The lowest BCUT2D eigenvalue weighted by Crippen LogP contribution is -2.34. The molecule has 0 aliphatic heterocycles. The molecule has 122 valence electrons. The second-order valence-electron chi connectivity index (χ2n) is 6.03. The van der Waals surface area contributed by atoms with E-state index >= 15 is 0 Å². The quantitative estimate of drug-likeness (QED) is 0.841. The number of hydrogen-bond donors (Lipinski definition) is 1. The molecule has 5 heteroatoms. The Morgan fingerprint density at radius 2 is 1.64 bits per heavy atom. The minimum atomic E-state index is -0.0609. The maximum Gasteiger partial charge on any atom is 0.223 e. The number of nitrogens with zero attached hydrogens (tertiary/aromatic N) is 2. The van der Waals surface area contributed by atoms with E-state index in [0.717, 1.165) is 11.4 Å². The molecule has 1 aromatic carbocycles. The summed E-state index contributed by atoms with van der Waals surface area (Å²) in [5.74, 6) is 0.338. The van der Waals surface area contributed by atoms with Crippen molar-refractivity contribution >= 4 is 23.2 Å². The molecule has 1 aromatic rings. The van der Waals surface area contributed by atoms with Gasteiger partial charge in [0.2, 0.25) is 11.8 Å². The van der Waals surface area contributed by atoms with Crippen molar-refractivity contribution in [1.82, 2.24) is 5.32 Å². The Bertz CT molecular complexity index is 495. The Morgan fingerprint density at radius 3 is 2.09 bits per heavy atom. The van der Waals surface area contributed by atoms with E-state index in [4.69, 9.17) is 0 Å². The van der Waals surface area contributed by atoms with Crippen molar-refractivity contribution in [2.45, 2.75) is 27.2 Å². The van der Waals surface area contributed by atoms with Crippen LogP contribution >= 0.6 is 0 Å². The van der Waals surface area contributed by atoms with Gasteiger partial charge in [0, 0.05) is 51.9 Å². The highest BCUT2D eigenvalue weighted by Gasteiger charge is 2.13. The zero-order valence-corrected chi connectivity index (χ0v) is 14.2. The van der Waals surface area contributed by atoms with Crippen LogP contribution in [0, 0.1) is 5.92 Å². The molecule has 0 spiro atoms. The number of nitrogens with one attached hydrogen (secondary N) is 1. The number of rotatable bonds is 7. The largest absolute Gasteiger partial charge is 0.378 e. The Morgan fingerprint density at radius 1 is 1.09 bits per heavy atom. The smallest absolute Gasteiger partial charge is 0.223 e. The molecular formula is C17H27N3O2. The maximum atomic E-state index is 11.8. The summed E-state index contributed by atoms with van der Waals surface area (Å²) in [5, 5.41) is 2.87. The summed E-state index contributed by atoms with van der Waals surface area (Å²) in [4.78, 5) is 27.3. The van der Waals surface area contributed by atoms with Gasteiger partial charge in [-0.1, -0.05) is 13.8 Å². The first-order chi connectivity index (χ1) is 10.3. The van der Waals surface area contributed by atoms with Gasteiger partial charge in [-0.05, 0) is 30.2 Å². The van der Waals surface area contributed by atoms with Gasteiger partial charge >= 0.3 is 0 Å². The molecule has 0 aromatic heterocycles. The molecule has 0 saturated heterocycles. The van der Waals surface area contributed by atoms with Gasteiger partial charge in [-0.25, -0.2) is 0 Å². The molecule has 1 rings (SSSR count). The van der Waals surface area contributed by atoms with Crippen LogP contribution in [0.4, 0.5) is 11.4 Å². The second kappa shape index (κ2) is 8.41. The van der Waals surface area contributed by atoms with E-state index in [1.165, 1.54) is 6.92 Å². The van der Waals surface area contributed by atoms with Crippen LogP contribution in [0.1, 0.15) is 27.2 Å². The number of anilines is 2. The summed E-state index contributed by atoms with van der Waals surface area (Å²) in [6, 6.07) is 7.74. The van der Waals surface area contributed by atoms with Crippen molar-refractivity contribution in [3.63, 3.8) is 0 Å². The molecule has 0 saturated carbocycles. The minimum absolute atomic E-state index is 0.0233.